The van der Waals surface area contributed by atoms with Gasteiger partial charge in [-0.25, -0.2) is 8.42 Å². The average molecular weight is 235 g/mol. The molecule has 0 saturated carbocycles. The minimum atomic E-state index is -3.40. The zero-order valence-electron chi connectivity index (χ0n) is 7.73. The predicted octanol–water partition coefficient (Wildman–Crippen LogP) is 1.81. The van der Waals surface area contributed by atoms with Crippen molar-refractivity contribution in [1.82, 2.24) is 0 Å². The van der Waals surface area contributed by atoms with Crippen LogP contribution in [-0.4, -0.2) is 21.3 Å². The second-order valence-electron chi connectivity index (χ2n) is 2.84. The van der Waals surface area contributed by atoms with Gasteiger partial charge in [0.05, 0.1) is 12.9 Å². The molecule has 0 bridgehead atoms. The quantitative estimate of drug-likeness (QED) is 0.747. The Kier molecular flexibility index (Phi) is 3.77. The fraction of sp³-hybridized carbons (Fsp3) is 0.333. The monoisotopic (exact) mass is 234 g/mol. The molecule has 0 aromatic heterocycles. The summed E-state index contributed by atoms with van der Waals surface area (Å²) in [6, 6.07) is 7.22. The summed E-state index contributed by atoms with van der Waals surface area (Å²) in [5, 5.41) is 0. The van der Waals surface area contributed by atoms with Gasteiger partial charge in [-0.3, -0.25) is 0 Å². The van der Waals surface area contributed by atoms with Gasteiger partial charge < -0.3 is 4.74 Å². The summed E-state index contributed by atoms with van der Waals surface area (Å²) in [5.41, 5.74) is 0.926. The van der Waals surface area contributed by atoms with Gasteiger partial charge in [-0.15, -0.1) is 0 Å². The van der Waals surface area contributed by atoms with Crippen LogP contribution in [0.3, 0.4) is 0 Å². The van der Waals surface area contributed by atoms with E-state index < -0.39 is 9.05 Å². The van der Waals surface area contributed by atoms with Crippen LogP contribution < -0.4 is 4.74 Å². The highest BCUT2D eigenvalue weighted by Crippen LogP contribution is 2.12. The maximum atomic E-state index is 10.7. The van der Waals surface area contributed by atoms with Crippen LogP contribution in [0.5, 0.6) is 5.75 Å². The zero-order valence-corrected chi connectivity index (χ0v) is 9.31. The predicted molar refractivity (Wildman–Crippen MR) is 56.3 cm³/mol. The second kappa shape index (κ2) is 4.66. The molecule has 0 aliphatic heterocycles. The van der Waals surface area contributed by atoms with E-state index in [1.165, 1.54) is 0 Å². The van der Waals surface area contributed by atoms with Gasteiger partial charge in [0.25, 0.3) is 0 Å². The van der Waals surface area contributed by atoms with Crippen LogP contribution >= 0.6 is 10.7 Å². The Morgan fingerprint density at radius 3 is 2.29 bits per heavy atom. The second-order valence-corrected chi connectivity index (χ2v) is 5.74. The highest BCUT2D eigenvalue weighted by molar-refractivity contribution is 8.13. The molecule has 1 rings (SSSR count). The Labute approximate surface area is 88.1 Å². The minimum Gasteiger partial charge on any atom is -0.497 e. The number of aryl methyl sites for hydroxylation is 1. The van der Waals surface area contributed by atoms with Crippen molar-refractivity contribution in [3.8, 4) is 5.75 Å². The van der Waals surface area contributed by atoms with Crippen molar-refractivity contribution in [2.75, 3.05) is 12.9 Å². The van der Waals surface area contributed by atoms with E-state index in [-0.39, 0.29) is 5.75 Å². The van der Waals surface area contributed by atoms with Gasteiger partial charge in [0.2, 0.25) is 9.05 Å². The normalized spacial score (nSPS) is 11.3. The van der Waals surface area contributed by atoms with Crippen LogP contribution in [0.4, 0.5) is 0 Å². The van der Waals surface area contributed by atoms with E-state index in [2.05, 4.69) is 0 Å². The molecule has 0 amide bonds. The fourth-order valence-corrected chi connectivity index (χ4v) is 1.74. The van der Waals surface area contributed by atoms with E-state index in [0.717, 1.165) is 11.3 Å². The summed E-state index contributed by atoms with van der Waals surface area (Å²) in [4.78, 5) is 0. The SMILES string of the molecule is COc1ccc(CCS(=O)(=O)Cl)cc1. The standard InChI is InChI=1S/C9H11ClO3S/c1-13-9-4-2-8(3-5-9)6-7-14(10,11)12/h2-5H,6-7H2,1H3. The molecule has 0 radical (unpaired) electrons. The Balaban J connectivity index is 2.61. The van der Waals surface area contributed by atoms with Gasteiger partial charge in [-0.05, 0) is 24.1 Å². The number of halogens is 1. The van der Waals surface area contributed by atoms with E-state index in [9.17, 15) is 8.42 Å². The summed E-state index contributed by atoms with van der Waals surface area (Å²) in [6.45, 7) is 0. The lowest BCUT2D eigenvalue weighted by molar-refractivity contribution is 0.414. The van der Waals surface area contributed by atoms with Crippen LogP contribution in [0, 0.1) is 0 Å². The van der Waals surface area contributed by atoms with Gasteiger partial charge in [0, 0.05) is 10.7 Å². The van der Waals surface area contributed by atoms with Crippen molar-refractivity contribution < 1.29 is 13.2 Å². The number of rotatable bonds is 4. The number of hydrogen-bond acceptors (Lipinski definition) is 3. The maximum Gasteiger partial charge on any atom is 0.232 e. The first-order chi connectivity index (χ1) is 6.51. The minimum absolute atomic E-state index is 0.0408. The number of hydrogen-bond donors (Lipinski definition) is 0. The van der Waals surface area contributed by atoms with Crippen molar-refractivity contribution >= 4 is 19.7 Å². The topological polar surface area (TPSA) is 43.4 Å². The van der Waals surface area contributed by atoms with Crippen molar-refractivity contribution in [2.24, 2.45) is 0 Å². The zero-order chi connectivity index (χ0) is 10.6. The third-order valence-corrected chi connectivity index (χ3v) is 2.95. The van der Waals surface area contributed by atoms with Gasteiger partial charge in [0.15, 0.2) is 0 Å². The molecule has 0 heterocycles. The van der Waals surface area contributed by atoms with Gasteiger partial charge >= 0.3 is 0 Å². The molecule has 78 valence electrons. The van der Waals surface area contributed by atoms with E-state index in [0.29, 0.717) is 6.42 Å². The van der Waals surface area contributed by atoms with Crippen molar-refractivity contribution in [2.45, 2.75) is 6.42 Å². The fourth-order valence-electron chi connectivity index (χ4n) is 1.03. The van der Waals surface area contributed by atoms with Gasteiger partial charge in [-0.1, -0.05) is 12.1 Å². The molecular weight excluding hydrogens is 224 g/mol. The molecule has 0 spiro atoms. The maximum absolute atomic E-state index is 10.7. The lowest BCUT2D eigenvalue weighted by atomic mass is 10.2. The first kappa shape index (κ1) is 11.3. The van der Waals surface area contributed by atoms with Crippen molar-refractivity contribution in [1.29, 1.82) is 0 Å². The summed E-state index contributed by atoms with van der Waals surface area (Å²) in [5.74, 6) is 0.712. The largest absolute Gasteiger partial charge is 0.497 e. The Morgan fingerprint density at radius 2 is 1.86 bits per heavy atom. The molecule has 3 nitrogen and oxygen atoms in total. The molecular formula is C9H11ClO3S. The number of ether oxygens (including phenoxy) is 1. The molecule has 0 aliphatic carbocycles. The summed E-state index contributed by atoms with van der Waals surface area (Å²) in [7, 11) is 3.27. The van der Waals surface area contributed by atoms with Crippen LogP contribution in [0.2, 0.25) is 0 Å². The first-order valence-corrected chi connectivity index (χ1v) is 6.54. The highest BCUT2D eigenvalue weighted by atomic mass is 35.7. The molecule has 0 unspecified atom stereocenters. The molecule has 0 aliphatic rings. The molecule has 0 N–H and O–H groups in total. The number of benzene rings is 1. The Bertz CT molecular complexity index is 383. The van der Waals surface area contributed by atoms with Crippen molar-refractivity contribution in [3.05, 3.63) is 29.8 Å². The Hall–Kier alpha value is -0.740. The summed E-state index contributed by atoms with van der Waals surface area (Å²) < 4.78 is 26.3. The van der Waals surface area contributed by atoms with Crippen LogP contribution in [0.25, 0.3) is 0 Å². The lowest BCUT2D eigenvalue weighted by Crippen LogP contribution is -2.00. The third kappa shape index (κ3) is 3.98. The first-order valence-electron chi connectivity index (χ1n) is 4.06. The summed E-state index contributed by atoms with van der Waals surface area (Å²) >= 11 is 0. The smallest absolute Gasteiger partial charge is 0.232 e. The highest BCUT2D eigenvalue weighted by Gasteiger charge is 2.05. The van der Waals surface area contributed by atoms with E-state index in [1.54, 1.807) is 19.2 Å². The van der Waals surface area contributed by atoms with Crippen molar-refractivity contribution in [3.63, 3.8) is 0 Å². The molecule has 0 atom stereocenters. The van der Waals surface area contributed by atoms with Crippen LogP contribution in [0.15, 0.2) is 24.3 Å². The van der Waals surface area contributed by atoms with Crippen LogP contribution in [-0.2, 0) is 15.5 Å². The van der Waals surface area contributed by atoms with E-state index in [1.807, 2.05) is 12.1 Å². The molecule has 0 fully saturated rings. The Morgan fingerprint density at radius 1 is 1.29 bits per heavy atom. The molecule has 1 aromatic rings. The third-order valence-electron chi connectivity index (χ3n) is 1.79. The number of methoxy groups -OCH3 is 1. The van der Waals surface area contributed by atoms with E-state index in [4.69, 9.17) is 15.4 Å². The molecule has 0 saturated heterocycles. The van der Waals surface area contributed by atoms with Gasteiger partial charge in [-0.2, -0.15) is 0 Å². The van der Waals surface area contributed by atoms with Crippen LogP contribution in [0.1, 0.15) is 5.56 Å². The summed E-state index contributed by atoms with van der Waals surface area (Å²) in [6.07, 6.45) is 0.426. The lowest BCUT2D eigenvalue weighted by Gasteiger charge is -2.01. The average Bonchev–Trinajstić information content (AvgIpc) is 2.14. The molecule has 14 heavy (non-hydrogen) atoms. The molecule has 5 heteroatoms. The van der Waals surface area contributed by atoms with E-state index >= 15 is 0 Å². The molecule has 1 aromatic carbocycles. The van der Waals surface area contributed by atoms with Gasteiger partial charge in [0.1, 0.15) is 5.75 Å².